The van der Waals surface area contributed by atoms with Crippen LogP contribution in [0.4, 0.5) is 13.2 Å². The van der Waals surface area contributed by atoms with Crippen molar-refractivity contribution < 1.29 is 17.9 Å². The highest BCUT2D eigenvalue weighted by Gasteiger charge is 2.42. The van der Waals surface area contributed by atoms with E-state index in [0.29, 0.717) is 18.0 Å². The minimum atomic E-state index is -4.37. The molecule has 3 rings (SSSR count). The van der Waals surface area contributed by atoms with Gasteiger partial charge in [0.2, 0.25) is 0 Å². The maximum Gasteiger partial charge on any atom is 0.434 e. The Hall–Kier alpha value is -0.620. The number of halogens is 4. The summed E-state index contributed by atoms with van der Waals surface area (Å²) in [5.41, 5.74) is -0.571. The largest absolute Gasteiger partial charge is 0.434 e. The quantitative estimate of drug-likeness (QED) is 0.388. The first-order chi connectivity index (χ1) is 11.9. The summed E-state index contributed by atoms with van der Waals surface area (Å²) < 4.78 is 43.3. The van der Waals surface area contributed by atoms with Gasteiger partial charge in [-0.3, -0.25) is 4.99 Å². The molecule has 148 valence electrons. The second kappa shape index (κ2) is 9.05. The van der Waals surface area contributed by atoms with E-state index in [1.807, 2.05) is 6.92 Å². The Morgan fingerprint density at radius 3 is 2.88 bits per heavy atom. The molecule has 1 N–H and O–H groups in total. The number of likely N-dealkylation sites (tertiary alicyclic amines) is 1. The van der Waals surface area contributed by atoms with Crippen molar-refractivity contribution in [1.29, 1.82) is 0 Å². The van der Waals surface area contributed by atoms with E-state index in [0.717, 1.165) is 68.4 Å². The van der Waals surface area contributed by atoms with E-state index in [-0.39, 0.29) is 29.4 Å². The lowest BCUT2D eigenvalue weighted by Crippen LogP contribution is -2.41. The van der Waals surface area contributed by atoms with Crippen molar-refractivity contribution >= 4 is 41.3 Å². The van der Waals surface area contributed by atoms with Crippen LogP contribution in [0.2, 0.25) is 0 Å². The fourth-order valence-corrected chi connectivity index (χ4v) is 4.12. The molecule has 3 heterocycles. The first kappa shape index (κ1) is 21.7. The van der Waals surface area contributed by atoms with Gasteiger partial charge in [0.15, 0.2) is 11.7 Å². The number of ether oxygens (including phenoxy) is 1. The lowest BCUT2D eigenvalue weighted by Gasteiger charge is -2.24. The van der Waals surface area contributed by atoms with E-state index in [1.165, 1.54) is 0 Å². The molecule has 1 aromatic heterocycles. The van der Waals surface area contributed by atoms with E-state index in [2.05, 4.69) is 20.2 Å². The number of alkyl halides is 3. The molecular formula is C16H24F3IN4OS. The van der Waals surface area contributed by atoms with Gasteiger partial charge in [0, 0.05) is 50.0 Å². The van der Waals surface area contributed by atoms with Crippen molar-refractivity contribution in [2.45, 2.75) is 32.4 Å². The monoisotopic (exact) mass is 504 g/mol. The highest BCUT2D eigenvalue weighted by atomic mass is 127. The molecule has 1 spiro atoms. The molecule has 2 aliphatic heterocycles. The molecule has 10 heteroatoms. The van der Waals surface area contributed by atoms with Gasteiger partial charge >= 0.3 is 6.18 Å². The van der Waals surface area contributed by atoms with Crippen LogP contribution >= 0.6 is 35.3 Å². The molecule has 2 aliphatic rings. The zero-order valence-electron chi connectivity index (χ0n) is 14.6. The smallest absolute Gasteiger partial charge is 0.381 e. The molecule has 1 aromatic rings. The van der Waals surface area contributed by atoms with Gasteiger partial charge in [-0.2, -0.15) is 13.2 Å². The van der Waals surface area contributed by atoms with E-state index < -0.39 is 11.9 Å². The van der Waals surface area contributed by atoms with Crippen molar-refractivity contribution in [3.05, 3.63) is 16.1 Å². The molecule has 0 bridgehead atoms. The lowest BCUT2D eigenvalue weighted by molar-refractivity contribution is -0.140. The van der Waals surface area contributed by atoms with Crippen LogP contribution in [0.1, 0.15) is 30.5 Å². The zero-order chi connectivity index (χ0) is 17.9. The Labute approximate surface area is 172 Å². The number of hydrogen-bond acceptors (Lipinski definition) is 4. The topological polar surface area (TPSA) is 49.8 Å². The van der Waals surface area contributed by atoms with E-state index in [9.17, 15) is 13.2 Å². The standard InChI is InChI=1S/C16H23F3N4OS.HI/c1-2-20-14(23-7-4-15(10-23)5-8-24-11-15)21-6-3-13-22-12(9-25-13)16(17,18)19;/h9H,2-8,10-11H2,1H3,(H,20,21);1H. The highest BCUT2D eigenvalue weighted by molar-refractivity contribution is 14.0. The maximum absolute atomic E-state index is 12.6. The van der Waals surface area contributed by atoms with Gasteiger partial charge in [0.1, 0.15) is 0 Å². The van der Waals surface area contributed by atoms with Gasteiger partial charge in [-0.05, 0) is 19.8 Å². The summed E-state index contributed by atoms with van der Waals surface area (Å²) in [4.78, 5) is 10.5. The summed E-state index contributed by atoms with van der Waals surface area (Å²) in [6.45, 7) is 6.69. The summed E-state index contributed by atoms with van der Waals surface area (Å²) in [5, 5.41) is 4.82. The fraction of sp³-hybridized carbons (Fsp3) is 0.750. The highest BCUT2D eigenvalue weighted by Crippen LogP contribution is 2.38. The van der Waals surface area contributed by atoms with Crippen LogP contribution in [0.25, 0.3) is 0 Å². The number of guanidine groups is 1. The van der Waals surface area contributed by atoms with Gasteiger partial charge in [-0.1, -0.05) is 0 Å². The number of aliphatic imine (C=N–C) groups is 1. The number of nitrogens with one attached hydrogen (secondary N) is 1. The van der Waals surface area contributed by atoms with Crippen LogP contribution in [-0.4, -0.2) is 55.2 Å². The van der Waals surface area contributed by atoms with Gasteiger partial charge in [0.05, 0.1) is 11.6 Å². The molecule has 0 amide bonds. The number of rotatable bonds is 4. The van der Waals surface area contributed by atoms with Crippen molar-refractivity contribution in [2.24, 2.45) is 10.4 Å². The molecule has 1 atom stereocenters. The van der Waals surface area contributed by atoms with Crippen molar-refractivity contribution in [2.75, 3.05) is 39.4 Å². The molecule has 2 saturated heterocycles. The van der Waals surface area contributed by atoms with Gasteiger partial charge in [0.25, 0.3) is 0 Å². The Morgan fingerprint density at radius 2 is 2.27 bits per heavy atom. The predicted octanol–water partition coefficient (Wildman–Crippen LogP) is 3.40. The van der Waals surface area contributed by atoms with E-state index >= 15 is 0 Å². The Kier molecular flexibility index (Phi) is 7.54. The third kappa shape index (κ3) is 5.22. The molecule has 1 unspecified atom stereocenters. The van der Waals surface area contributed by atoms with Crippen LogP contribution in [0.3, 0.4) is 0 Å². The van der Waals surface area contributed by atoms with Crippen LogP contribution in [0, 0.1) is 5.41 Å². The molecule has 0 aliphatic carbocycles. The van der Waals surface area contributed by atoms with Crippen molar-refractivity contribution in [1.82, 2.24) is 15.2 Å². The third-order valence-electron chi connectivity index (χ3n) is 4.69. The van der Waals surface area contributed by atoms with Crippen LogP contribution < -0.4 is 5.32 Å². The second-order valence-corrected chi connectivity index (χ2v) is 7.53. The molecule has 0 saturated carbocycles. The van der Waals surface area contributed by atoms with Crippen molar-refractivity contribution in [3.63, 3.8) is 0 Å². The van der Waals surface area contributed by atoms with E-state index in [1.54, 1.807) is 0 Å². The average Bonchev–Trinajstić information content (AvgIpc) is 3.29. The summed E-state index contributed by atoms with van der Waals surface area (Å²) in [7, 11) is 0. The van der Waals surface area contributed by atoms with Crippen LogP contribution in [0.5, 0.6) is 0 Å². The second-order valence-electron chi connectivity index (χ2n) is 6.58. The van der Waals surface area contributed by atoms with Crippen LogP contribution in [0.15, 0.2) is 10.4 Å². The van der Waals surface area contributed by atoms with Gasteiger partial charge in [-0.25, -0.2) is 4.98 Å². The summed E-state index contributed by atoms with van der Waals surface area (Å²) in [6, 6.07) is 0. The van der Waals surface area contributed by atoms with E-state index in [4.69, 9.17) is 4.74 Å². The minimum absolute atomic E-state index is 0. The molecule has 2 fully saturated rings. The number of aromatic nitrogens is 1. The van der Waals surface area contributed by atoms with Crippen LogP contribution in [-0.2, 0) is 17.3 Å². The normalized spacial score (nSPS) is 23.5. The van der Waals surface area contributed by atoms with Gasteiger partial charge in [-0.15, -0.1) is 35.3 Å². The molecule has 0 aromatic carbocycles. The summed E-state index contributed by atoms with van der Waals surface area (Å²) >= 11 is 1.04. The number of nitrogens with zero attached hydrogens (tertiary/aromatic N) is 3. The molecule has 5 nitrogen and oxygen atoms in total. The molecule has 26 heavy (non-hydrogen) atoms. The maximum atomic E-state index is 12.6. The minimum Gasteiger partial charge on any atom is -0.381 e. The first-order valence-electron chi connectivity index (χ1n) is 8.54. The predicted molar refractivity (Wildman–Crippen MR) is 106 cm³/mol. The zero-order valence-corrected chi connectivity index (χ0v) is 17.8. The Bertz CT molecular complexity index is 617. The molecular weight excluding hydrogens is 480 g/mol. The lowest BCUT2D eigenvalue weighted by atomic mass is 9.87. The van der Waals surface area contributed by atoms with Gasteiger partial charge < -0.3 is 15.0 Å². The average molecular weight is 504 g/mol. The number of hydrogen-bond donors (Lipinski definition) is 1. The number of thiazole rings is 1. The fourth-order valence-electron chi connectivity index (χ4n) is 3.33. The SMILES string of the molecule is CCNC(=NCCc1nc(C(F)(F)F)cs1)N1CCC2(CCOC2)C1.I. The Balaban J connectivity index is 0.00000243. The third-order valence-corrected chi connectivity index (χ3v) is 5.60. The summed E-state index contributed by atoms with van der Waals surface area (Å²) in [6.07, 6.45) is -1.78. The Morgan fingerprint density at radius 1 is 1.46 bits per heavy atom. The van der Waals surface area contributed by atoms with Crippen molar-refractivity contribution in [3.8, 4) is 0 Å². The molecule has 0 radical (unpaired) electrons. The first-order valence-corrected chi connectivity index (χ1v) is 9.42. The summed E-state index contributed by atoms with van der Waals surface area (Å²) in [5.74, 6) is 0.832.